The fraction of sp³-hybridized carbons (Fsp3) is 0.500. The van der Waals surface area contributed by atoms with Gasteiger partial charge in [0.25, 0.3) is 5.91 Å². The zero-order valence-corrected chi connectivity index (χ0v) is 12.4. The van der Waals surface area contributed by atoms with Gasteiger partial charge in [0.15, 0.2) is 0 Å². The smallest absolute Gasteiger partial charge is 0.272 e. The Morgan fingerprint density at radius 1 is 1.52 bits per heavy atom. The number of hydrogen-bond donors (Lipinski definition) is 2. The molecule has 2 aromatic rings. The fourth-order valence-corrected chi connectivity index (χ4v) is 2.18. The van der Waals surface area contributed by atoms with E-state index >= 15 is 0 Å². The molecule has 0 aromatic carbocycles. The molecule has 1 amide bonds. The van der Waals surface area contributed by atoms with Crippen LogP contribution in [0.15, 0.2) is 18.3 Å². The predicted molar refractivity (Wildman–Crippen MR) is 77.7 cm³/mol. The monoisotopic (exact) mass is 291 g/mol. The van der Waals surface area contributed by atoms with Gasteiger partial charge in [0, 0.05) is 13.2 Å². The Labute approximate surface area is 123 Å². The van der Waals surface area contributed by atoms with Crippen molar-refractivity contribution in [3.8, 4) is 0 Å². The van der Waals surface area contributed by atoms with Crippen molar-refractivity contribution in [3.05, 3.63) is 35.4 Å². The average Bonchev–Trinajstić information content (AvgIpc) is 3.08. The van der Waals surface area contributed by atoms with Gasteiger partial charge in [0.1, 0.15) is 5.69 Å². The molecule has 7 nitrogen and oxygen atoms in total. The number of aromatic amines is 1. The molecule has 2 aromatic heterocycles. The van der Waals surface area contributed by atoms with E-state index in [0.29, 0.717) is 18.8 Å². The maximum atomic E-state index is 12.4. The number of amides is 1. The molecule has 2 N–H and O–H groups in total. The fourth-order valence-electron chi connectivity index (χ4n) is 2.18. The number of carbonyl (C=O) groups is 1. The van der Waals surface area contributed by atoms with Gasteiger partial charge in [0.05, 0.1) is 31.1 Å². The Morgan fingerprint density at radius 2 is 2.33 bits per heavy atom. The summed E-state index contributed by atoms with van der Waals surface area (Å²) in [5.74, 6) is -0.132. The van der Waals surface area contributed by atoms with E-state index in [1.165, 1.54) is 4.68 Å². The number of aliphatic hydroxyl groups excluding tert-OH is 1. The minimum atomic E-state index is -0.132. The molecule has 114 valence electrons. The van der Waals surface area contributed by atoms with Gasteiger partial charge in [0.2, 0.25) is 0 Å². The van der Waals surface area contributed by atoms with E-state index in [9.17, 15) is 4.79 Å². The normalized spacial score (nSPS) is 10.8. The molecular formula is C14H21N5O2. The topological polar surface area (TPSA) is 87.0 Å². The highest BCUT2D eigenvalue weighted by Gasteiger charge is 2.17. The van der Waals surface area contributed by atoms with Crippen molar-refractivity contribution in [2.75, 3.05) is 13.7 Å². The molecule has 0 aliphatic carbocycles. The van der Waals surface area contributed by atoms with Crippen LogP contribution in [0.2, 0.25) is 0 Å². The van der Waals surface area contributed by atoms with E-state index in [-0.39, 0.29) is 12.5 Å². The summed E-state index contributed by atoms with van der Waals surface area (Å²) in [7, 11) is 1.74. The summed E-state index contributed by atoms with van der Waals surface area (Å²) in [6, 6.07) is 3.64. The number of H-pyrrole nitrogens is 1. The van der Waals surface area contributed by atoms with Crippen LogP contribution in [-0.2, 0) is 19.5 Å². The summed E-state index contributed by atoms with van der Waals surface area (Å²) in [4.78, 5) is 14.0. The average molecular weight is 291 g/mol. The molecule has 0 atom stereocenters. The van der Waals surface area contributed by atoms with Crippen molar-refractivity contribution in [3.63, 3.8) is 0 Å². The van der Waals surface area contributed by atoms with Crippen LogP contribution in [0.1, 0.15) is 35.2 Å². The zero-order valence-electron chi connectivity index (χ0n) is 12.4. The summed E-state index contributed by atoms with van der Waals surface area (Å²) in [5.41, 5.74) is 2.39. The van der Waals surface area contributed by atoms with Gasteiger partial charge in [-0.1, -0.05) is 13.3 Å². The molecule has 0 saturated heterocycles. The Hall–Kier alpha value is -2.15. The van der Waals surface area contributed by atoms with Gasteiger partial charge in [-0.2, -0.15) is 10.2 Å². The number of aryl methyl sites for hydroxylation is 1. The van der Waals surface area contributed by atoms with Crippen LogP contribution in [0.4, 0.5) is 0 Å². The number of hydrogen-bond acceptors (Lipinski definition) is 4. The first-order valence-corrected chi connectivity index (χ1v) is 7.07. The third kappa shape index (κ3) is 3.69. The first-order valence-electron chi connectivity index (χ1n) is 7.07. The Bertz CT molecular complexity index is 590. The molecule has 0 unspecified atom stereocenters. The molecule has 7 heteroatoms. The largest absolute Gasteiger partial charge is 0.394 e. The number of aromatic nitrogens is 4. The molecule has 0 radical (unpaired) electrons. The SMILES string of the molecule is CCCc1cc(CN(C)C(=O)c2ccnn2CCO)[nH]n1. The van der Waals surface area contributed by atoms with Gasteiger partial charge in [-0.05, 0) is 18.6 Å². The maximum Gasteiger partial charge on any atom is 0.272 e. The van der Waals surface area contributed by atoms with Crippen molar-refractivity contribution >= 4 is 5.91 Å². The van der Waals surface area contributed by atoms with Crippen LogP contribution in [-0.4, -0.2) is 49.5 Å². The van der Waals surface area contributed by atoms with Crippen LogP contribution >= 0.6 is 0 Å². The van der Waals surface area contributed by atoms with Gasteiger partial charge in [-0.3, -0.25) is 14.6 Å². The van der Waals surface area contributed by atoms with Gasteiger partial charge < -0.3 is 10.0 Å². The predicted octanol–water partition coefficient (Wildman–Crippen LogP) is 0.823. The summed E-state index contributed by atoms with van der Waals surface area (Å²) >= 11 is 0. The van der Waals surface area contributed by atoms with E-state index in [0.717, 1.165) is 24.2 Å². The minimum Gasteiger partial charge on any atom is -0.394 e. The molecule has 0 spiro atoms. The number of aliphatic hydroxyl groups is 1. The van der Waals surface area contributed by atoms with E-state index in [2.05, 4.69) is 22.2 Å². The molecule has 0 bridgehead atoms. The maximum absolute atomic E-state index is 12.4. The lowest BCUT2D eigenvalue weighted by Gasteiger charge is -2.16. The standard InChI is InChI=1S/C14H21N5O2/c1-3-4-11-9-12(17-16-11)10-18(2)14(21)13-5-6-15-19(13)7-8-20/h5-6,9,20H,3-4,7-8,10H2,1-2H3,(H,16,17). The Balaban J connectivity index is 2.02. The van der Waals surface area contributed by atoms with Crippen LogP contribution in [0, 0.1) is 0 Å². The minimum absolute atomic E-state index is 0.0490. The molecule has 2 heterocycles. The van der Waals surface area contributed by atoms with Crippen LogP contribution < -0.4 is 0 Å². The van der Waals surface area contributed by atoms with Gasteiger partial charge in [-0.25, -0.2) is 0 Å². The second-order valence-electron chi connectivity index (χ2n) is 4.96. The molecule has 2 rings (SSSR count). The van der Waals surface area contributed by atoms with Crippen molar-refractivity contribution in [2.45, 2.75) is 32.9 Å². The highest BCUT2D eigenvalue weighted by atomic mass is 16.3. The highest BCUT2D eigenvalue weighted by molar-refractivity contribution is 5.92. The van der Waals surface area contributed by atoms with E-state index < -0.39 is 0 Å². The summed E-state index contributed by atoms with van der Waals surface area (Å²) in [5, 5.41) is 20.2. The second-order valence-corrected chi connectivity index (χ2v) is 4.96. The summed E-state index contributed by atoms with van der Waals surface area (Å²) in [6.45, 7) is 2.82. The van der Waals surface area contributed by atoms with E-state index in [1.54, 1.807) is 24.2 Å². The first kappa shape index (κ1) is 15.2. The Kier molecular flexibility index (Phi) is 5.10. The Morgan fingerprint density at radius 3 is 3.05 bits per heavy atom. The third-order valence-electron chi connectivity index (χ3n) is 3.19. The zero-order chi connectivity index (χ0) is 15.2. The summed E-state index contributed by atoms with van der Waals surface area (Å²) in [6.07, 6.45) is 3.53. The quantitative estimate of drug-likeness (QED) is 0.791. The van der Waals surface area contributed by atoms with Crippen LogP contribution in [0.3, 0.4) is 0 Å². The molecule has 0 fully saturated rings. The first-order chi connectivity index (χ1) is 10.2. The molecule has 0 aliphatic heterocycles. The lowest BCUT2D eigenvalue weighted by molar-refractivity contribution is 0.0769. The number of rotatable bonds is 7. The lowest BCUT2D eigenvalue weighted by Crippen LogP contribution is -2.29. The highest BCUT2D eigenvalue weighted by Crippen LogP contribution is 2.09. The van der Waals surface area contributed by atoms with Crippen molar-refractivity contribution in [2.24, 2.45) is 0 Å². The van der Waals surface area contributed by atoms with Crippen molar-refractivity contribution < 1.29 is 9.90 Å². The summed E-state index contributed by atoms with van der Waals surface area (Å²) < 4.78 is 1.51. The number of carbonyl (C=O) groups excluding carboxylic acids is 1. The van der Waals surface area contributed by atoms with Crippen molar-refractivity contribution in [1.82, 2.24) is 24.9 Å². The molecule has 21 heavy (non-hydrogen) atoms. The molecule has 0 saturated carbocycles. The lowest BCUT2D eigenvalue weighted by atomic mass is 10.2. The van der Waals surface area contributed by atoms with Crippen LogP contribution in [0.25, 0.3) is 0 Å². The van der Waals surface area contributed by atoms with E-state index in [1.807, 2.05) is 6.07 Å². The molecular weight excluding hydrogens is 270 g/mol. The van der Waals surface area contributed by atoms with Crippen LogP contribution in [0.5, 0.6) is 0 Å². The number of nitrogens with zero attached hydrogens (tertiary/aromatic N) is 4. The van der Waals surface area contributed by atoms with Gasteiger partial charge >= 0.3 is 0 Å². The van der Waals surface area contributed by atoms with Crippen molar-refractivity contribution in [1.29, 1.82) is 0 Å². The number of nitrogens with one attached hydrogen (secondary N) is 1. The third-order valence-corrected chi connectivity index (χ3v) is 3.19. The van der Waals surface area contributed by atoms with Gasteiger partial charge in [-0.15, -0.1) is 0 Å². The second kappa shape index (κ2) is 7.03. The van der Waals surface area contributed by atoms with E-state index in [4.69, 9.17) is 5.11 Å². The molecule has 0 aliphatic rings.